The average molecular weight is 395 g/mol. The van der Waals surface area contributed by atoms with Gasteiger partial charge in [0.15, 0.2) is 0 Å². The van der Waals surface area contributed by atoms with Crippen LogP contribution in [-0.4, -0.2) is 66.0 Å². The van der Waals surface area contributed by atoms with Gasteiger partial charge in [0.05, 0.1) is 0 Å². The molecule has 2 aromatic rings. The zero-order chi connectivity index (χ0) is 20.5. The zero-order valence-corrected chi connectivity index (χ0v) is 17.8. The highest BCUT2D eigenvalue weighted by atomic mass is 16.2. The van der Waals surface area contributed by atoms with E-state index in [2.05, 4.69) is 75.8 Å². The molecular weight excluding hydrogens is 360 g/mol. The SMILES string of the molecule is CCN(CC)C(=O)NCC1CN(Cc2ccccc2)CCN1Cc1ccccc1. The second kappa shape index (κ2) is 11.0. The number of carbonyl (C=O) groups excluding carboxylic acids is 1. The molecule has 1 N–H and O–H groups in total. The fraction of sp³-hybridized carbons (Fsp3) is 0.458. The molecule has 1 aliphatic rings. The van der Waals surface area contributed by atoms with Crippen molar-refractivity contribution < 1.29 is 4.79 Å². The molecule has 1 saturated heterocycles. The predicted molar refractivity (Wildman–Crippen MR) is 119 cm³/mol. The van der Waals surface area contributed by atoms with Gasteiger partial charge >= 0.3 is 6.03 Å². The third-order valence-electron chi connectivity index (χ3n) is 5.71. The molecule has 3 rings (SSSR count). The number of hydrogen-bond acceptors (Lipinski definition) is 3. The quantitative estimate of drug-likeness (QED) is 0.746. The van der Waals surface area contributed by atoms with Crippen molar-refractivity contribution in [1.82, 2.24) is 20.0 Å². The Hall–Kier alpha value is -2.37. The molecule has 1 heterocycles. The lowest BCUT2D eigenvalue weighted by Crippen LogP contribution is -2.57. The van der Waals surface area contributed by atoms with E-state index in [1.165, 1.54) is 11.1 Å². The number of urea groups is 1. The van der Waals surface area contributed by atoms with Crippen LogP contribution in [0.1, 0.15) is 25.0 Å². The van der Waals surface area contributed by atoms with Gasteiger partial charge in [-0.2, -0.15) is 0 Å². The maximum Gasteiger partial charge on any atom is 0.317 e. The Balaban J connectivity index is 1.64. The van der Waals surface area contributed by atoms with Gasteiger partial charge in [-0.1, -0.05) is 60.7 Å². The Bertz CT molecular complexity index is 733. The van der Waals surface area contributed by atoms with Crippen LogP contribution in [0.5, 0.6) is 0 Å². The minimum absolute atomic E-state index is 0.0369. The van der Waals surface area contributed by atoms with Crippen molar-refractivity contribution >= 4 is 6.03 Å². The summed E-state index contributed by atoms with van der Waals surface area (Å²) in [5, 5.41) is 3.17. The number of carbonyl (C=O) groups is 1. The van der Waals surface area contributed by atoms with E-state index in [9.17, 15) is 4.79 Å². The molecule has 2 amide bonds. The van der Waals surface area contributed by atoms with Gasteiger partial charge in [0.2, 0.25) is 0 Å². The van der Waals surface area contributed by atoms with Crippen LogP contribution in [0.2, 0.25) is 0 Å². The summed E-state index contributed by atoms with van der Waals surface area (Å²) in [5.41, 5.74) is 2.67. The summed E-state index contributed by atoms with van der Waals surface area (Å²) in [7, 11) is 0. The first kappa shape index (κ1) is 21.3. The van der Waals surface area contributed by atoms with Crippen LogP contribution < -0.4 is 5.32 Å². The fourth-order valence-electron chi connectivity index (χ4n) is 3.99. The van der Waals surface area contributed by atoms with Gasteiger partial charge in [-0.05, 0) is 25.0 Å². The van der Waals surface area contributed by atoms with Gasteiger partial charge in [0.25, 0.3) is 0 Å². The largest absolute Gasteiger partial charge is 0.336 e. The molecule has 2 aromatic carbocycles. The van der Waals surface area contributed by atoms with E-state index < -0.39 is 0 Å². The summed E-state index contributed by atoms with van der Waals surface area (Å²) in [6.07, 6.45) is 0. The van der Waals surface area contributed by atoms with Crippen LogP contribution in [0.3, 0.4) is 0 Å². The summed E-state index contributed by atoms with van der Waals surface area (Å²) < 4.78 is 0. The summed E-state index contributed by atoms with van der Waals surface area (Å²) >= 11 is 0. The lowest BCUT2D eigenvalue weighted by Gasteiger charge is -2.42. The van der Waals surface area contributed by atoms with E-state index in [0.29, 0.717) is 12.6 Å². The van der Waals surface area contributed by atoms with Crippen LogP contribution in [-0.2, 0) is 13.1 Å². The fourth-order valence-corrected chi connectivity index (χ4v) is 3.99. The lowest BCUT2D eigenvalue weighted by atomic mass is 10.1. The molecule has 29 heavy (non-hydrogen) atoms. The molecule has 1 unspecified atom stereocenters. The van der Waals surface area contributed by atoms with Gasteiger partial charge in [0.1, 0.15) is 0 Å². The van der Waals surface area contributed by atoms with E-state index in [1.807, 2.05) is 18.7 Å². The second-order valence-corrected chi connectivity index (χ2v) is 7.69. The van der Waals surface area contributed by atoms with Gasteiger partial charge in [-0.3, -0.25) is 9.80 Å². The molecule has 0 aliphatic carbocycles. The summed E-state index contributed by atoms with van der Waals surface area (Å²) in [4.78, 5) is 19.3. The Labute approximate surface area is 175 Å². The van der Waals surface area contributed by atoms with Crippen molar-refractivity contribution in [1.29, 1.82) is 0 Å². The van der Waals surface area contributed by atoms with Crippen molar-refractivity contribution in [2.24, 2.45) is 0 Å². The zero-order valence-electron chi connectivity index (χ0n) is 17.8. The molecule has 5 nitrogen and oxygen atoms in total. The molecule has 1 atom stereocenters. The van der Waals surface area contributed by atoms with E-state index >= 15 is 0 Å². The minimum Gasteiger partial charge on any atom is -0.336 e. The maximum atomic E-state index is 12.5. The maximum absolute atomic E-state index is 12.5. The highest BCUT2D eigenvalue weighted by Crippen LogP contribution is 2.16. The number of piperazine rings is 1. The Morgan fingerprint density at radius 3 is 2.10 bits per heavy atom. The Kier molecular flexibility index (Phi) is 8.08. The molecule has 0 spiro atoms. The van der Waals surface area contributed by atoms with Crippen molar-refractivity contribution in [2.45, 2.75) is 33.0 Å². The number of nitrogens with one attached hydrogen (secondary N) is 1. The summed E-state index contributed by atoms with van der Waals surface area (Å²) in [6.45, 7) is 11.1. The molecule has 156 valence electrons. The van der Waals surface area contributed by atoms with Gasteiger partial charge < -0.3 is 10.2 Å². The topological polar surface area (TPSA) is 38.8 Å². The molecule has 1 aliphatic heterocycles. The number of amides is 2. The molecule has 5 heteroatoms. The first-order valence-corrected chi connectivity index (χ1v) is 10.8. The Morgan fingerprint density at radius 2 is 1.52 bits per heavy atom. The highest BCUT2D eigenvalue weighted by Gasteiger charge is 2.27. The molecular formula is C24H34N4O. The van der Waals surface area contributed by atoms with E-state index in [1.54, 1.807) is 0 Å². The third kappa shape index (κ3) is 6.31. The second-order valence-electron chi connectivity index (χ2n) is 7.69. The Morgan fingerprint density at radius 1 is 0.931 bits per heavy atom. The van der Waals surface area contributed by atoms with Crippen molar-refractivity contribution in [3.63, 3.8) is 0 Å². The van der Waals surface area contributed by atoms with E-state index in [-0.39, 0.29) is 6.03 Å². The lowest BCUT2D eigenvalue weighted by molar-refractivity contribution is 0.0641. The molecule has 1 fully saturated rings. The third-order valence-corrected chi connectivity index (χ3v) is 5.71. The minimum atomic E-state index is 0.0369. The van der Waals surface area contributed by atoms with Gasteiger partial charge in [-0.25, -0.2) is 4.79 Å². The van der Waals surface area contributed by atoms with Crippen molar-refractivity contribution in [2.75, 3.05) is 39.3 Å². The molecule has 0 saturated carbocycles. The van der Waals surface area contributed by atoms with Crippen molar-refractivity contribution in [3.8, 4) is 0 Å². The monoisotopic (exact) mass is 394 g/mol. The van der Waals surface area contributed by atoms with Crippen molar-refractivity contribution in [3.05, 3.63) is 71.8 Å². The van der Waals surface area contributed by atoms with Crippen LogP contribution in [0.15, 0.2) is 60.7 Å². The van der Waals surface area contributed by atoms with E-state index in [0.717, 1.165) is 45.8 Å². The average Bonchev–Trinajstić information content (AvgIpc) is 2.76. The molecule has 0 bridgehead atoms. The first-order valence-electron chi connectivity index (χ1n) is 10.8. The van der Waals surface area contributed by atoms with Crippen LogP contribution in [0.4, 0.5) is 4.79 Å². The molecule has 0 aromatic heterocycles. The summed E-state index contributed by atoms with van der Waals surface area (Å²) in [6, 6.07) is 21.6. The van der Waals surface area contributed by atoms with Crippen LogP contribution in [0.25, 0.3) is 0 Å². The number of hydrogen-bond donors (Lipinski definition) is 1. The molecule has 0 radical (unpaired) electrons. The smallest absolute Gasteiger partial charge is 0.317 e. The number of nitrogens with zero attached hydrogens (tertiary/aromatic N) is 3. The van der Waals surface area contributed by atoms with Crippen LogP contribution in [0, 0.1) is 0 Å². The summed E-state index contributed by atoms with van der Waals surface area (Å²) in [5.74, 6) is 0. The van der Waals surface area contributed by atoms with Gasteiger partial charge in [0, 0.05) is 58.4 Å². The standard InChI is InChI=1S/C24H34N4O/c1-3-27(4-2)24(29)25-17-23-20-26(18-21-11-7-5-8-12-21)15-16-28(23)19-22-13-9-6-10-14-22/h5-14,23H,3-4,15-20H2,1-2H3,(H,25,29). The van der Waals surface area contributed by atoms with Crippen LogP contribution >= 0.6 is 0 Å². The highest BCUT2D eigenvalue weighted by molar-refractivity contribution is 5.74. The number of benzene rings is 2. The van der Waals surface area contributed by atoms with E-state index in [4.69, 9.17) is 0 Å². The van der Waals surface area contributed by atoms with Gasteiger partial charge in [-0.15, -0.1) is 0 Å². The predicted octanol–water partition coefficient (Wildman–Crippen LogP) is 3.42. The first-order chi connectivity index (χ1) is 14.2. The number of rotatable bonds is 8. The normalized spacial score (nSPS) is 17.8.